The number of anilines is 1. The van der Waals surface area contributed by atoms with E-state index in [1.165, 1.54) is 5.56 Å². The van der Waals surface area contributed by atoms with Crippen molar-refractivity contribution in [1.29, 1.82) is 0 Å². The molecule has 170 valence electrons. The maximum atomic E-state index is 13.6. The molecule has 1 aliphatic heterocycles. The van der Waals surface area contributed by atoms with E-state index in [0.717, 1.165) is 31.4 Å². The van der Waals surface area contributed by atoms with Gasteiger partial charge in [0, 0.05) is 25.3 Å². The highest BCUT2D eigenvalue weighted by Crippen LogP contribution is 2.49. The Bertz CT molecular complexity index is 950. The maximum absolute atomic E-state index is 13.6. The molecule has 1 aliphatic carbocycles. The number of rotatable bonds is 5. The first-order chi connectivity index (χ1) is 15.3. The van der Waals surface area contributed by atoms with Gasteiger partial charge in [0.25, 0.3) is 0 Å². The Hall–Kier alpha value is -2.86. The minimum atomic E-state index is -0.340. The van der Waals surface area contributed by atoms with Crippen LogP contribution in [0.2, 0.25) is 0 Å². The van der Waals surface area contributed by atoms with Crippen molar-refractivity contribution in [1.82, 2.24) is 14.7 Å². The number of amides is 3. The van der Waals surface area contributed by atoms with Gasteiger partial charge in [0.15, 0.2) is 0 Å². The SMILES string of the molecule is CN(C)C(=O)CN1C(=O)N(c2ccccc2)C[C@]12CC[C@@](c1ccccc1)(N(C)C)CC2. The fraction of sp³-hybridized carbons (Fsp3) is 0.462. The minimum Gasteiger partial charge on any atom is -0.347 e. The lowest BCUT2D eigenvalue weighted by atomic mass is 9.68. The van der Waals surface area contributed by atoms with Gasteiger partial charge in [-0.1, -0.05) is 48.5 Å². The molecule has 2 aromatic carbocycles. The van der Waals surface area contributed by atoms with Crippen LogP contribution in [0.4, 0.5) is 10.5 Å². The normalized spacial score (nSPS) is 25.6. The summed E-state index contributed by atoms with van der Waals surface area (Å²) in [6.07, 6.45) is 3.59. The predicted molar refractivity (Wildman–Crippen MR) is 128 cm³/mol. The molecule has 2 aliphatic rings. The van der Waals surface area contributed by atoms with E-state index in [1.54, 1.807) is 19.0 Å². The fourth-order valence-electron chi connectivity index (χ4n) is 5.42. The zero-order chi connectivity index (χ0) is 22.9. The largest absolute Gasteiger partial charge is 0.347 e. The summed E-state index contributed by atoms with van der Waals surface area (Å²) < 4.78 is 0. The van der Waals surface area contributed by atoms with E-state index in [-0.39, 0.29) is 29.6 Å². The van der Waals surface area contributed by atoms with E-state index in [2.05, 4.69) is 49.3 Å². The van der Waals surface area contributed by atoms with Crippen LogP contribution in [0.5, 0.6) is 0 Å². The number of nitrogens with zero attached hydrogens (tertiary/aromatic N) is 4. The number of benzene rings is 2. The Balaban J connectivity index is 1.66. The lowest BCUT2D eigenvalue weighted by Gasteiger charge is -2.51. The smallest absolute Gasteiger partial charge is 0.325 e. The first kappa shape index (κ1) is 22.3. The molecule has 2 aromatic rings. The van der Waals surface area contributed by atoms with E-state index >= 15 is 0 Å². The van der Waals surface area contributed by atoms with E-state index in [0.29, 0.717) is 6.54 Å². The van der Waals surface area contributed by atoms with Crippen LogP contribution >= 0.6 is 0 Å². The number of hydrogen-bond acceptors (Lipinski definition) is 3. The van der Waals surface area contributed by atoms with Crippen LogP contribution in [0.15, 0.2) is 60.7 Å². The van der Waals surface area contributed by atoms with Gasteiger partial charge in [0.1, 0.15) is 6.54 Å². The molecule has 3 amide bonds. The molecule has 0 aromatic heterocycles. The van der Waals surface area contributed by atoms with E-state index in [4.69, 9.17) is 0 Å². The van der Waals surface area contributed by atoms with Crippen molar-refractivity contribution in [2.75, 3.05) is 46.2 Å². The lowest BCUT2D eigenvalue weighted by Crippen LogP contribution is -2.57. The standard InChI is InChI=1S/C26H34N4O2/c1-27(2)23(31)19-30-24(32)29(22-13-9-6-10-14-22)20-25(30)15-17-26(18-16-25,28(3)4)21-11-7-5-8-12-21/h5-14H,15-20H2,1-4H3/t25-,26-. The monoisotopic (exact) mass is 434 g/mol. The van der Waals surface area contributed by atoms with E-state index in [9.17, 15) is 9.59 Å². The van der Waals surface area contributed by atoms with Crippen LogP contribution < -0.4 is 4.90 Å². The molecule has 1 heterocycles. The summed E-state index contributed by atoms with van der Waals surface area (Å²) in [6, 6.07) is 20.4. The zero-order valence-electron chi connectivity index (χ0n) is 19.6. The molecule has 0 atom stereocenters. The second-order valence-corrected chi connectivity index (χ2v) is 9.59. The summed E-state index contributed by atoms with van der Waals surface area (Å²) in [5, 5.41) is 0. The van der Waals surface area contributed by atoms with Gasteiger partial charge in [0.2, 0.25) is 5.91 Å². The molecule has 32 heavy (non-hydrogen) atoms. The van der Waals surface area contributed by atoms with Crippen LogP contribution in [-0.2, 0) is 10.3 Å². The molecule has 0 bridgehead atoms. The molecule has 0 unspecified atom stereocenters. The highest BCUT2D eigenvalue weighted by molar-refractivity contribution is 5.97. The van der Waals surface area contributed by atoms with Crippen molar-refractivity contribution in [3.8, 4) is 0 Å². The van der Waals surface area contributed by atoms with Crippen molar-refractivity contribution < 1.29 is 9.59 Å². The molecular weight excluding hydrogens is 400 g/mol. The molecule has 1 saturated carbocycles. The van der Waals surface area contributed by atoms with Gasteiger partial charge in [-0.25, -0.2) is 4.79 Å². The van der Waals surface area contributed by atoms with Gasteiger partial charge in [-0.3, -0.25) is 14.6 Å². The van der Waals surface area contributed by atoms with Crippen LogP contribution in [0, 0.1) is 0 Å². The summed E-state index contributed by atoms with van der Waals surface area (Å²) in [4.78, 5) is 33.9. The predicted octanol–water partition coefficient (Wildman–Crippen LogP) is 3.79. The number of carbonyl (C=O) groups is 2. The third-order valence-corrected chi connectivity index (χ3v) is 7.52. The molecule has 2 fully saturated rings. The summed E-state index contributed by atoms with van der Waals surface area (Å²) >= 11 is 0. The van der Waals surface area contributed by atoms with Gasteiger partial charge >= 0.3 is 6.03 Å². The molecule has 6 heteroatoms. The lowest BCUT2D eigenvalue weighted by molar-refractivity contribution is -0.130. The van der Waals surface area contributed by atoms with Crippen molar-refractivity contribution >= 4 is 17.6 Å². The van der Waals surface area contributed by atoms with E-state index < -0.39 is 0 Å². The summed E-state index contributed by atoms with van der Waals surface area (Å²) in [7, 11) is 7.79. The minimum absolute atomic E-state index is 0.0415. The van der Waals surface area contributed by atoms with Gasteiger partial charge < -0.3 is 9.80 Å². The average molecular weight is 435 g/mol. The van der Waals surface area contributed by atoms with Crippen molar-refractivity contribution in [2.45, 2.75) is 36.8 Å². The topological polar surface area (TPSA) is 47.1 Å². The Labute approximate surface area is 191 Å². The van der Waals surface area contributed by atoms with E-state index in [1.807, 2.05) is 40.1 Å². The molecule has 1 spiro atoms. The van der Waals surface area contributed by atoms with Crippen LogP contribution in [0.25, 0.3) is 0 Å². The summed E-state index contributed by atoms with van der Waals surface area (Å²) in [5.74, 6) is -0.0415. The number of likely N-dealkylation sites (N-methyl/N-ethyl adjacent to an activating group) is 1. The first-order valence-electron chi connectivity index (χ1n) is 11.4. The fourth-order valence-corrected chi connectivity index (χ4v) is 5.42. The Morgan fingerprint density at radius 1 is 0.875 bits per heavy atom. The Morgan fingerprint density at radius 3 is 1.97 bits per heavy atom. The molecule has 0 N–H and O–H groups in total. The Morgan fingerprint density at radius 2 is 1.44 bits per heavy atom. The molecular formula is C26H34N4O2. The van der Waals surface area contributed by atoms with Crippen LogP contribution in [0.3, 0.4) is 0 Å². The average Bonchev–Trinajstić information content (AvgIpc) is 3.07. The zero-order valence-corrected chi connectivity index (χ0v) is 19.6. The second kappa shape index (κ2) is 8.58. The molecule has 0 radical (unpaired) electrons. The van der Waals surface area contributed by atoms with Gasteiger partial charge in [-0.15, -0.1) is 0 Å². The van der Waals surface area contributed by atoms with Crippen LogP contribution in [-0.4, -0.2) is 73.5 Å². The summed E-state index contributed by atoms with van der Waals surface area (Å²) in [6.45, 7) is 0.740. The third kappa shape index (κ3) is 3.77. The number of hydrogen-bond donors (Lipinski definition) is 0. The second-order valence-electron chi connectivity index (χ2n) is 9.59. The van der Waals surface area contributed by atoms with Gasteiger partial charge in [0.05, 0.1) is 12.1 Å². The quantitative estimate of drug-likeness (QED) is 0.719. The van der Waals surface area contributed by atoms with Gasteiger partial charge in [-0.2, -0.15) is 0 Å². The number of para-hydroxylation sites is 1. The van der Waals surface area contributed by atoms with Crippen molar-refractivity contribution in [2.24, 2.45) is 0 Å². The number of carbonyl (C=O) groups excluding carboxylic acids is 2. The van der Waals surface area contributed by atoms with Gasteiger partial charge in [-0.05, 0) is 57.5 Å². The molecule has 6 nitrogen and oxygen atoms in total. The summed E-state index contributed by atoms with van der Waals surface area (Å²) in [5.41, 5.74) is 1.81. The maximum Gasteiger partial charge on any atom is 0.325 e. The number of urea groups is 1. The Kier molecular flexibility index (Phi) is 5.99. The van der Waals surface area contributed by atoms with Crippen molar-refractivity contribution in [3.63, 3.8) is 0 Å². The molecule has 4 rings (SSSR count). The van der Waals surface area contributed by atoms with Crippen LogP contribution in [0.1, 0.15) is 31.2 Å². The first-order valence-corrected chi connectivity index (χ1v) is 11.4. The highest BCUT2D eigenvalue weighted by atomic mass is 16.2. The highest BCUT2D eigenvalue weighted by Gasteiger charge is 2.55. The molecule has 1 saturated heterocycles. The van der Waals surface area contributed by atoms with Crippen molar-refractivity contribution in [3.05, 3.63) is 66.2 Å². The third-order valence-electron chi connectivity index (χ3n) is 7.52.